The van der Waals surface area contributed by atoms with Crippen LogP contribution in [0, 0.1) is 0 Å². The van der Waals surface area contributed by atoms with Crippen molar-refractivity contribution in [2.45, 2.75) is 18.5 Å². The summed E-state index contributed by atoms with van der Waals surface area (Å²) in [6.07, 6.45) is 4.01. The van der Waals surface area contributed by atoms with Gasteiger partial charge in [-0.1, -0.05) is 5.16 Å². The lowest BCUT2D eigenvalue weighted by molar-refractivity contribution is 0.0723. The van der Waals surface area contributed by atoms with Crippen molar-refractivity contribution in [2.75, 3.05) is 13.1 Å². The Morgan fingerprint density at radius 3 is 2.67 bits per heavy atom. The average Bonchev–Trinajstić information content (AvgIpc) is 2.91. The Morgan fingerprint density at radius 1 is 1.22 bits per heavy atom. The van der Waals surface area contributed by atoms with E-state index in [4.69, 9.17) is 4.52 Å². The first-order chi connectivity index (χ1) is 8.78. The fraction of sp³-hybridized carbons (Fsp3) is 0.417. The molecule has 6 heteroatoms. The van der Waals surface area contributed by atoms with Crippen LogP contribution in [0.2, 0.25) is 0 Å². The van der Waals surface area contributed by atoms with Gasteiger partial charge >= 0.3 is 0 Å². The molecule has 1 aliphatic heterocycles. The molecule has 3 heterocycles. The monoisotopic (exact) mass is 248 g/mol. The molecule has 0 saturated carbocycles. The van der Waals surface area contributed by atoms with Crippen molar-refractivity contribution in [1.82, 2.24) is 20.4 Å². The third kappa shape index (κ3) is 1.99. The first-order valence-corrected chi connectivity index (χ1v) is 5.92. The normalized spacial score (nSPS) is 18.7. The highest BCUT2D eigenvalue weighted by Gasteiger charge is 2.39. The molecule has 1 saturated heterocycles. The van der Waals surface area contributed by atoms with E-state index in [-0.39, 0.29) is 5.89 Å². The lowest BCUT2D eigenvalue weighted by Crippen LogP contribution is -2.36. The van der Waals surface area contributed by atoms with Crippen LogP contribution < -0.4 is 5.32 Å². The molecule has 1 aliphatic rings. The van der Waals surface area contributed by atoms with Crippen molar-refractivity contribution >= 4 is 0 Å². The Morgan fingerprint density at radius 2 is 1.94 bits per heavy atom. The van der Waals surface area contributed by atoms with Gasteiger partial charge < -0.3 is 9.84 Å². The number of pyridine rings is 1. The summed E-state index contributed by atoms with van der Waals surface area (Å²) < 4.78 is 19.7. The van der Waals surface area contributed by atoms with Gasteiger partial charge in [0.15, 0.2) is 5.67 Å². The van der Waals surface area contributed by atoms with Gasteiger partial charge in [0.1, 0.15) is 0 Å². The molecule has 0 spiro atoms. The molecule has 0 radical (unpaired) electrons. The lowest BCUT2D eigenvalue weighted by Gasteiger charge is -2.26. The number of nitrogens with zero attached hydrogens (tertiary/aromatic N) is 3. The maximum Gasteiger partial charge on any atom is 0.264 e. The van der Waals surface area contributed by atoms with Crippen molar-refractivity contribution < 1.29 is 8.91 Å². The minimum atomic E-state index is -1.50. The van der Waals surface area contributed by atoms with E-state index < -0.39 is 5.67 Å². The number of rotatable bonds is 2. The van der Waals surface area contributed by atoms with E-state index in [0.29, 0.717) is 31.8 Å². The molecule has 5 nitrogen and oxygen atoms in total. The van der Waals surface area contributed by atoms with Crippen LogP contribution in [-0.4, -0.2) is 28.2 Å². The SMILES string of the molecule is FC1(c2nc(-c3ccncc3)no2)CCNCC1. The van der Waals surface area contributed by atoms with E-state index in [1.165, 1.54) is 0 Å². The number of aromatic nitrogens is 3. The molecule has 0 atom stereocenters. The number of alkyl halides is 1. The fourth-order valence-corrected chi connectivity index (χ4v) is 2.06. The minimum Gasteiger partial charge on any atom is -0.335 e. The highest BCUT2D eigenvalue weighted by atomic mass is 19.1. The Labute approximate surface area is 103 Å². The summed E-state index contributed by atoms with van der Waals surface area (Å²) >= 11 is 0. The van der Waals surface area contributed by atoms with Crippen LogP contribution in [0.15, 0.2) is 29.0 Å². The lowest BCUT2D eigenvalue weighted by atomic mass is 9.94. The summed E-state index contributed by atoms with van der Waals surface area (Å²) in [5, 5.41) is 6.94. The van der Waals surface area contributed by atoms with Gasteiger partial charge in [-0.3, -0.25) is 4.98 Å². The average molecular weight is 248 g/mol. The second kappa shape index (κ2) is 4.45. The number of hydrogen-bond donors (Lipinski definition) is 1. The number of nitrogens with one attached hydrogen (secondary N) is 1. The van der Waals surface area contributed by atoms with Crippen LogP contribution in [0.5, 0.6) is 0 Å². The molecule has 0 unspecified atom stereocenters. The van der Waals surface area contributed by atoms with E-state index >= 15 is 0 Å². The first-order valence-electron chi connectivity index (χ1n) is 5.92. The summed E-state index contributed by atoms with van der Waals surface area (Å²) in [5.74, 6) is 0.485. The molecule has 1 N–H and O–H groups in total. The third-order valence-corrected chi connectivity index (χ3v) is 3.14. The molecule has 2 aromatic heterocycles. The molecule has 3 rings (SSSR count). The van der Waals surface area contributed by atoms with Gasteiger partial charge in [0.2, 0.25) is 5.82 Å². The number of hydrogen-bond acceptors (Lipinski definition) is 5. The van der Waals surface area contributed by atoms with Crippen molar-refractivity contribution in [3.05, 3.63) is 30.4 Å². The van der Waals surface area contributed by atoms with Gasteiger partial charge in [0, 0.05) is 30.8 Å². The first kappa shape index (κ1) is 11.3. The topological polar surface area (TPSA) is 63.8 Å². The molecule has 0 aliphatic carbocycles. The molecule has 0 amide bonds. The Balaban J connectivity index is 1.89. The van der Waals surface area contributed by atoms with Crippen LogP contribution in [0.25, 0.3) is 11.4 Å². The predicted molar refractivity (Wildman–Crippen MR) is 62.4 cm³/mol. The Hall–Kier alpha value is -1.82. The highest BCUT2D eigenvalue weighted by Crippen LogP contribution is 2.34. The fourth-order valence-electron chi connectivity index (χ4n) is 2.06. The zero-order valence-corrected chi connectivity index (χ0v) is 9.77. The van der Waals surface area contributed by atoms with E-state index in [1.807, 2.05) is 0 Å². The summed E-state index contributed by atoms with van der Waals surface area (Å²) in [4.78, 5) is 8.08. The highest BCUT2D eigenvalue weighted by molar-refractivity contribution is 5.52. The van der Waals surface area contributed by atoms with Crippen LogP contribution in [0.1, 0.15) is 18.7 Å². The summed E-state index contributed by atoms with van der Waals surface area (Å²) in [6.45, 7) is 1.26. The molecular weight excluding hydrogens is 235 g/mol. The largest absolute Gasteiger partial charge is 0.335 e. The van der Waals surface area contributed by atoms with Gasteiger partial charge in [-0.05, 0) is 25.2 Å². The Bertz CT molecular complexity index is 522. The maximum absolute atomic E-state index is 14.6. The second-order valence-electron chi connectivity index (χ2n) is 4.37. The minimum absolute atomic E-state index is 0.0795. The van der Waals surface area contributed by atoms with E-state index in [0.717, 1.165) is 5.56 Å². The smallest absolute Gasteiger partial charge is 0.264 e. The van der Waals surface area contributed by atoms with E-state index in [1.54, 1.807) is 24.5 Å². The number of halogens is 1. The van der Waals surface area contributed by atoms with E-state index in [9.17, 15) is 4.39 Å². The molecule has 0 bridgehead atoms. The summed E-state index contributed by atoms with van der Waals surface area (Å²) in [6, 6.07) is 3.53. The predicted octanol–water partition coefficient (Wildman–Crippen LogP) is 1.68. The van der Waals surface area contributed by atoms with Crippen molar-refractivity contribution in [1.29, 1.82) is 0 Å². The molecule has 2 aromatic rings. The van der Waals surface area contributed by atoms with E-state index in [2.05, 4.69) is 20.4 Å². The second-order valence-corrected chi connectivity index (χ2v) is 4.37. The summed E-state index contributed by atoms with van der Waals surface area (Å²) in [7, 11) is 0. The zero-order chi connectivity index (χ0) is 12.4. The summed E-state index contributed by atoms with van der Waals surface area (Å²) in [5.41, 5.74) is -0.721. The quantitative estimate of drug-likeness (QED) is 0.876. The van der Waals surface area contributed by atoms with Gasteiger partial charge in [0.05, 0.1) is 0 Å². The molecule has 1 fully saturated rings. The molecule has 18 heavy (non-hydrogen) atoms. The Kier molecular flexibility index (Phi) is 2.79. The van der Waals surface area contributed by atoms with Crippen molar-refractivity contribution in [3.63, 3.8) is 0 Å². The zero-order valence-electron chi connectivity index (χ0n) is 9.77. The van der Waals surface area contributed by atoms with Crippen molar-refractivity contribution in [3.8, 4) is 11.4 Å². The molecular formula is C12H13FN4O. The third-order valence-electron chi connectivity index (χ3n) is 3.14. The van der Waals surface area contributed by atoms with Gasteiger partial charge in [0.25, 0.3) is 5.89 Å². The van der Waals surface area contributed by atoms with Crippen LogP contribution in [0.4, 0.5) is 4.39 Å². The van der Waals surface area contributed by atoms with Crippen molar-refractivity contribution in [2.24, 2.45) is 0 Å². The molecule has 0 aromatic carbocycles. The van der Waals surface area contributed by atoms with Crippen LogP contribution in [-0.2, 0) is 5.67 Å². The maximum atomic E-state index is 14.6. The number of piperidine rings is 1. The van der Waals surface area contributed by atoms with Gasteiger partial charge in [-0.15, -0.1) is 0 Å². The van der Waals surface area contributed by atoms with Gasteiger partial charge in [-0.25, -0.2) is 4.39 Å². The van der Waals surface area contributed by atoms with Gasteiger partial charge in [-0.2, -0.15) is 4.98 Å². The standard InChI is InChI=1S/C12H13FN4O/c13-12(3-7-15-8-4-12)11-16-10(17-18-11)9-1-5-14-6-2-9/h1-2,5-6,15H,3-4,7-8H2. The van der Waals surface area contributed by atoms with Crippen LogP contribution in [0.3, 0.4) is 0 Å². The molecule has 94 valence electrons. The van der Waals surface area contributed by atoms with Crippen LogP contribution >= 0.6 is 0 Å².